The minimum absolute atomic E-state index is 0.00116. The predicted octanol–water partition coefficient (Wildman–Crippen LogP) is 2.38. The molecule has 20 heavy (non-hydrogen) atoms. The van der Waals surface area contributed by atoms with Crippen LogP contribution in [0.15, 0.2) is 35.7 Å². The molecule has 0 aliphatic heterocycles. The molecule has 0 spiro atoms. The van der Waals surface area contributed by atoms with Gasteiger partial charge in [-0.15, -0.1) is 6.58 Å². The van der Waals surface area contributed by atoms with Gasteiger partial charge in [0.2, 0.25) is 10.0 Å². The lowest BCUT2D eigenvalue weighted by Gasteiger charge is -2.20. The second kappa shape index (κ2) is 5.55. The first-order valence-electron chi connectivity index (χ1n) is 6.03. The molecule has 1 N–H and O–H groups in total. The fourth-order valence-corrected chi connectivity index (χ4v) is 3.91. The Labute approximate surface area is 122 Å². The lowest BCUT2D eigenvalue weighted by atomic mass is 10.2. The molecule has 0 atom stereocenters. The van der Waals surface area contributed by atoms with Gasteiger partial charge in [-0.2, -0.15) is 4.31 Å². The molecule has 0 aromatic heterocycles. The van der Waals surface area contributed by atoms with Crippen LogP contribution in [0.5, 0.6) is 0 Å². The van der Waals surface area contributed by atoms with Gasteiger partial charge in [-0.3, -0.25) is 0 Å². The van der Waals surface area contributed by atoms with Crippen molar-refractivity contribution in [2.45, 2.75) is 23.8 Å². The molecule has 5 nitrogen and oxygen atoms in total. The predicted molar refractivity (Wildman–Crippen MR) is 75.5 cm³/mol. The summed E-state index contributed by atoms with van der Waals surface area (Å²) in [5.41, 5.74) is -0.118. The van der Waals surface area contributed by atoms with Crippen LogP contribution in [0.3, 0.4) is 0 Å². The fraction of sp³-hybridized carbons (Fsp3) is 0.308. The second-order valence-electron chi connectivity index (χ2n) is 4.54. The van der Waals surface area contributed by atoms with Crippen LogP contribution in [0.2, 0.25) is 5.02 Å². The number of nitrogens with zero attached hydrogens (tertiary/aromatic N) is 1. The topological polar surface area (TPSA) is 74.7 Å². The highest BCUT2D eigenvalue weighted by atomic mass is 35.5. The summed E-state index contributed by atoms with van der Waals surface area (Å²) < 4.78 is 26.4. The maximum absolute atomic E-state index is 12.5. The maximum Gasteiger partial charge on any atom is 0.337 e. The lowest BCUT2D eigenvalue weighted by molar-refractivity contribution is 0.0697. The molecule has 0 saturated heterocycles. The number of carboxylic acids is 1. The highest BCUT2D eigenvalue weighted by Gasteiger charge is 2.37. The standard InChI is InChI=1S/C13H14ClNO4S/c1-2-7-15(9-3-4-9)20(18,19)10-5-6-11(13(16)17)12(14)8-10/h2,5-6,8-9H,1,3-4,7H2,(H,16,17). The smallest absolute Gasteiger partial charge is 0.337 e. The summed E-state index contributed by atoms with van der Waals surface area (Å²) in [5, 5.41) is 8.80. The summed E-state index contributed by atoms with van der Waals surface area (Å²) >= 11 is 5.82. The normalized spacial score (nSPS) is 15.3. The monoisotopic (exact) mass is 315 g/mol. The number of aromatic carboxylic acids is 1. The molecule has 0 amide bonds. The van der Waals surface area contributed by atoms with E-state index in [0.717, 1.165) is 12.8 Å². The molecule has 2 rings (SSSR count). The molecule has 0 bridgehead atoms. The molecule has 7 heteroatoms. The van der Waals surface area contributed by atoms with Crippen molar-refractivity contribution in [2.75, 3.05) is 6.54 Å². The van der Waals surface area contributed by atoms with E-state index >= 15 is 0 Å². The molecule has 1 aliphatic carbocycles. The summed E-state index contributed by atoms with van der Waals surface area (Å²) in [7, 11) is -3.68. The summed E-state index contributed by atoms with van der Waals surface area (Å²) in [6.45, 7) is 3.79. The molecule has 1 saturated carbocycles. The zero-order valence-corrected chi connectivity index (χ0v) is 12.2. The number of rotatable bonds is 6. The number of hydrogen-bond donors (Lipinski definition) is 1. The van der Waals surface area contributed by atoms with Crippen LogP contribution in [0.1, 0.15) is 23.2 Å². The molecule has 0 heterocycles. The van der Waals surface area contributed by atoms with E-state index in [2.05, 4.69) is 6.58 Å². The maximum atomic E-state index is 12.5. The number of halogens is 1. The van der Waals surface area contributed by atoms with Crippen LogP contribution in [-0.2, 0) is 10.0 Å². The quantitative estimate of drug-likeness (QED) is 0.818. The van der Waals surface area contributed by atoms with Gasteiger partial charge in [-0.25, -0.2) is 13.2 Å². The van der Waals surface area contributed by atoms with Gasteiger partial charge in [0, 0.05) is 12.6 Å². The zero-order chi connectivity index (χ0) is 14.9. The van der Waals surface area contributed by atoms with Crippen LogP contribution in [0.25, 0.3) is 0 Å². The number of carbonyl (C=O) groups is 1. The average molecular weight is 316 g/mol. The highest BCUT2D eigenvalue weighted by Crippen LogP contribution is 2.33. The Morgan fingerprint density at radius 1 is 1.50 bits per heavy atom. The summed E-state index contributed by atoms with van der Waals surface area (Å²) in [6.07, 6.45) is 3.19. The van der Waals surface area contributed by atoms with Gasteiger partial charge in [0.1, 0.15) is 0 Å². The molecule has 1 fully saturated rings. The van der Waals surface area contributed by atoms with E-state index < -0.39 is 16.0 Å². The first-order valence-corrected chi connectivity index (χ1v) is 7.85. The number of benzene rings is 1. The van der Waals surface area contributed by atoms with Crippen LogP contribution in [0, 0.1) is 0 Å². The van der Waals surface area contributed by atoms with Crippen molar-refractivity contribution < 1.29 is 18.3 Å². The van der Waals surface area contributed by atoms with Gasteiger partial charge in [0.15, 0.2) is 0 Å². The van der Waals surface area contributed by atoms with Crippen molar-refractivity contribution in [2.24, 2.45) is 0 Å². The van der Waals surface area contributed by atoms with E-state index in [1.807, 2.05) is 0 Å². The third kappa shape index (κ3) is 2.87. The molecule has 108 valence electrons. The van der Waals surface area contributed by atoms with Gasteiger partial charge in [0.25, 0.3) is 0 Å². The first-order chi connectivity index (χ1) is 9.37. The van der Waals surface area contributed by atoms with E-state index in [9.17, 15) is 13.2 Å². The van der Waals surface area contributed by atoms with Crippen molar-refractivity contribution in [1.82, 2.24) is 4.31 Å². The Morgan fingerprint density at radius 3 is 2.60 bits per heavy atom. The van der Waals surface area contributed by atoms with Crippen LogP contribution in [-0.4, -0.2) is 36.4 Å². The third-order valence-electron chi connectivity index (χ3n) is 3.04. The third-order valence-corrected chi connectivity index (χ3v) is 5.27. The number of sulfonamides is 1. The van der Waals surface area contributed by atoms with E-state index in [4.69, 9.17) is 16.7 Å². The summed E-state index contributed by atoms with van der Waals surface area (Å²) in [6, 6.07) is 3.65. The number of hydrogen-bond acceptors (Lipinski definition) is 3. The van der Waals surface area contributed by atoms with E-state index in [1.54, 1.807) is 0 Å². The minimum Gasteiger partial charge on any atom is -0.478 e. The average Bonchev–Trinajstić information content (AvgIpc) is 3.19. The van der Waals surface area contributed by atoms with Gasteiger partial charge in [-0.1, -0.05) is 17.7 Å². The van der Waals surface area contributed by atoms with Crippen LogP contribution < -0.4 is 0 Å². The fourth-order valence-electron chi connectivity index (χ4n) is 1.90. The van der Waals surface area contributed by atoms with Crippen molar-refractivity contribution in [1.29, 1.82) is 0 Å². The minimum atomic E-state index is -3.68. The van der Waals surface area contributed by atoms with Crippen LogP contribution in [0.4, 0.5) is 0 Å². The van der Waals surface area contributed by atoms with Crippen molar-refractivity contribution >= 4 is 27.6 Å². The molecule has 1 aromatic rings. The lowest BCUT2D eigenvalue weighted by Crippen LogP contribution is -2.33. The molecule has 0 radical (unpaired) electrons. The van der Waals surface area contributed by atoms with Gasteiger partial charge in [-0.05, 0) is 31.0 Å². The van der Waals surface area contributed by atoms with E-state index in [-0.39, 0.29) is 28.1 Å². The highest BCUT2D eigenvalue weighted by molar-refractivity contribution is 7.89. The Kier molecular flexibility index (Phi) is 4.17. The molecule has 1 aliphatic rings. The van der Waals surface area contributed by atoms with Crippen molar-refractivity contribution in [3.63, 3.8) is 0 Å². The summed E-state index contributed by atoms with van der Waals surface area (Å²) in [5.74, 6) is -1.19. The van der Waals surface area contributed by atoms with E-state index in [0.29, 0.717) is 0 Å². The zero-order valence-electron chi connectivity index (χ0n) is 10.6. The Balaban J connectivity index is 2.40. The molecular formula is C13H14ClNO4S. The summed E-state index contributed by atoms with van der Waals surface area (Å²) in [4.78, 5) is 10.9. The second-order valence-corrected chi connectivity index (χ2v) is 6.84. The van der Waals surface area contributed by atoms with E-state index in [1.165, 1.54) is 28.6 Å². The molecule has 0 unspecified atom stereocenters. The number of carboxylic acid groups (broad SMARTS) is 1. The Bertz CT molecular complexity index is 652. The van der Waals surface area contributed by atoms with Gasteiger partial charge in [0.05, 0.1) is 15.5 Å². The Morgan fingerprint density at radius 2 is 2.15 bits per heavy atom. The molecule has 1 aromatic carbocycles. The van der Waals surface area contributed by atoms with Crippen molar-refractivity contribution in [3.8, 4) is 0 Å². The molecular weight excluding hydrogens is 302 g/mol. The van der Waals surface area contributed by atoms with Gasteiger partial charge < -0.3 is 5.11 Å². The largest absolute Gasteiger partial charge is 0.478 e. The first kappa shape index (κ1) is 15.0. The Hall–Kier alpha value is -1.37. The van der Waals surface area contributed by atoms with Crippen LogP contribution >= 0.6 is 11.6 Å². The SMILES string of the molecule is C=CCN(C1CC1)S(=O)(=O)c1ccc(C(=O)O)c(Cl)c1. The van der Waals surface area contributed by atoms with Gasteiger partial charge >= 0.3 is 5.97 Å². The van der Waals surface area contributed by atoms with Crippen molar-refractivity contribution in [3.05, 3.63) is 41.4 Å².